The highest BCUT2D eigenvalue weighted by atomic mass is 32.1. The second-order valence-electron chi connectivity index (χ2n) is 6.41. The number of amides is 1. The van der Waals surface area contributed by atoms with Crippen molar-refractivity contribution in [3.05, 3.63) is 70.7 Å². The molecule has 3 aromatic rings. The minimum absolute atomic E-state index is 0.0378. The third kappa shape index (κ3) is 5.62. The van der Waals surface area contributed by atoms with E-state index in [-0.39, 0.29) is 11.8 Å². The summed E-state index contributed by atoms with van der Waals surface area (Å²) in [4.78, 5) is 12.3. The van der Waals surface area contributed by atoms with Gasteiger partial charge in [-0.2, -0.15) is 0 Å². The van der Waals surface area contributed by atoms with Gasteiger partial charge in [-0.15, -0.1) is 10.2 Å². The second kappa shape index (κ2) is 9.28. The summed E-state index contributed by atoms with van der Waals surface area (Å²) in [6.07, 6.45) is 2.09. The minimum atomic E-state index is -0.0378. The summed E-state index contributed by atoms with van der Waals surface area (Å²) < 4.78 is 5.17. The van der Waals surface area contributed by atoms with Gasteiger partial charge in [0, 0.05) is 12.8 Å². The second-order valence-corrected chi connectivity index (χ2v) is 7.48. The monoisotopic (exact) mass is 381 g/mol. The number of rotatable bonds is 8. The average molecular weight is 382 g/mol. The van der Waals surface area contributed by atoms with Crippen LogP contribution >= 0.6 is 11.3 Å². The molecule has 140 valence electrons. The van der Waals surface area contributed by atoms with Gasteiger partial charge in [0.2, 0.25) is 11.0 Å². The van der Waals surface area contributed by atoms with Crippen molar-refractivity contribution in [1.82, 2.24) is 10.2 Å². The first-order valence-corrected chi connectivity index (χ1v) is 9.76. The van der Waals surface area contributed by atoms with E-state index >= 15 is 0 Å². The van der Waals surface area contributed by atoms with E-state index in [9.17, 15) is 4.79 Å². The van der Waals surface area contributed by atoms with Gasteiger partial charge in [0.1, 0.15) is 10.8 Å². The van der Waals surface area contributed by atoms with Crippen LogP contribution in [0.3, 0.4) is 0 Å². The molecule has 0 radical (unpaired) electrons. The van der Waals surface area contributed by atoms with Crippen LogP contribution in [0.25, 0.3) is 0 Å². The fourth-order valence-corrected chi connectivity index (χ4v) is 3.55. The van der Waals surface area contributed by atoms with Crippen LogP contribution < -0.4 is 10.1 Å². The topological polar surface area (TPSA) is 64.1 Å². The lowest BCUT2D eigenvalue weighted by atomic mass is 9.98. The molecule has 1 N–H and O–H groups in total. The highest BCUT2D eigenvalue weighted by Gasteiger charge is 2.13. The Hall–Kier alpha value is -2.73. The number of nitrogens with one attached hydrogen (secondary N) is 1. The number of ether oxygens (including phenoxy) is 1. The zero-order chi connectivity index (χ0) is 19.1. The lowest BCUT2D eigenvalue weighted by Crippen LogP contribution is -2.14. The Balaban J connectivity index is 1.49. The van der Waals surface area contributed by atoms with Crippen molar-refractivity contribution < 1.29 is 9.53 Å². The highest BCUT2D eigenvalue weighted by Crippen LogP contribution is 2.22. The Kier molecular flexibility index (Phi) is 6.54. The molecule has 1 aromatic heterocycles. The van der Waals surface area contributed by atoms with Crippen LogP contribution in [0.15, 0.2) is 54.6 Å². The fraction of sp³-hybridized carbons (Fsp3) is 0.286. The molecule has 0 aliphatic heterocycles. The third-order valence-corrected chi connectivity index (χ3v) is 5.26. The van der Waals surface area contributed by atoms with Crippen LogP contribution in [-0.4, -0.2) is 23.2 Å². The largest absolute Gasteiger partial charge is 0.497 e. The third-order valence-electron chi connectivity index (χ3n) is 4.36. The molecule has 1 amide bonds. The van der Waals surface area contributed by atoms with Crippen molar-refractivity contribution in [2.75, 3.05) is 12.4 Å². The number of hydrogen-bond acceptors (Lipinski definition) is 5. The molecule has 0 fully saturated rings. The van der Waals surface area contributed by atoms with Gasteiger partial charge >= 0.3 is 0 Å². The molecule has 1 heterocycles. The normalized spacial score (nSPS) is 11.8. The number of benzene rings is 2. The molecule has 0 aliphatic carbocycles. The Morgan fingerprint density at radius 1 is 1.07 bits per heavy atom. The zero-order valence-corrected chi connectivity index (χ0v) is 16.3. The molecule has 0 unspecified atom stereocenters. The summed E-state index contributed by atoms with van der Waals surface area (Å²) in [5.74, 6) is 0.974. The number of aryl methyl sites for hydroxylation is 2. The maximum atomic E-state index is 12.3. The predicted octanol–water partition coefficient (Wildman–Crippen LogP) is 4.46. The molecule has 0 aliphatic rings. The summed E-state index contributed by atoms with van der Waals surface area (Å²) in [6, 6.07) is 18.0. The summed E-state index contributed by atoms with van der Waals surface area (Å²) in [5.41, 5.74) is 2.37. The number of carbonyl (C=O) groups excluding carboxylic acids is 1. The quantitative estimate of drug-likeness (QED) is 0.625. The van der Waals surface area contributed by atoms with Gasteiger partial charge in [0.15, 0.2) is 0 Å². The molecular formula is C21H23N3O2S. The molecule has 6 heteroatoms. The molecule has 5 nitrogen and oxygen atoms in total. The number of anilines is 1. The van der Waals surface area contributed by atoms with Crippen molar-refractivity contribution in [3.63, 3.8) is 0 Å². The summed E-state index contributed by atoms with van der Waals surface area (Å²) in [5, 5.41) is 12.6. The van der Waals surface area contributed by atoms with Crippen molar-refractivity contribution in [1.29, 1.82) is 0 Å². The van der Waals surface area contributed by atoms with Crippen LogP contribution in [0.5, 0.6) is 5.75 Å². The SMILES string of the molecule is COc1ccc(CCc2nnc(NC(=O)C[C@H](C)c3ccccc3)s2)cc1. The van der Waals surface area contributed by atoms with Crippen LogP contribution in [0.4, 0.5) is 5.13 Å². The van der Waals surface area contributed by atoms with E-state index in [1.807, 2.05) is 54.6 Å². The van der Waals surface area contributed by atoms with Gasteiger partial charge in [0.05, 0.1) is 7.11 Å². The van der Waals surface area contributed by atoms with Crippen molar-refractivity contribution in [2.45, 2.75) is 32.1 Å². The number of methoxy groups -OCH3 is 1. The van der Waals surface area contributed by atoms with E-state index in [1.165, 1.54) is 16.9 Å². The Morgan fingerprint density at radius 3 is 2.52 bits per heavy atom. The number of hydrogen-bond donors (Lipinski definition) is 1. The Morgan fingerprint density at radius 2 is 1.81 bits per heavy atom. The van der Waals surface area contributed by atoms with Crippen LogP contribution in [-0.2, 0) is 17.6 Å². The first kappa shape index (κ1) is 19.0. The standard InChI is InChI=1S/C21H23N3O2S/c1-15(17-6-4-3-5-7-17)14-19(25)22-21-24-23-20(27-21)13-10-16-8-11-18(26-2)12-9-16/h3-9,11-12,15H,10,13-14H2,1-2H3,(H,22,24,25)/t15-/m0/s1. The summed E-state index contributed by atoms with van der Waals surface area (Å²) >= 11 is 1.43. The maximum absolute atomic E-state index is 12.3. The van der Waals surface area contributed by atoms with Gasteiger partial charge < -0.3 is 10.1 Å². The highest BCUT2D eigenvalue weighted by molar-refractivity contribution is 7.15. The molecule has 0 saturated carbocycles. The van der Waals surface area contributed by atoms with E-state index in [2.05, 4.69) is 22.4 Å². The molecule has 0 bridgehead atoms. The van der Waals surface area contributed by atoms with Gasteiger partial charge in [-0.25, -0.2) is 0 Å². The van der Waals surface area contributed by atoms with Crippen LogP contribution in [0.2, 0.25) is 0 Å². The van der Waals surface area contributed by atoms with Crippen molar-refractivity contribution in [2.24, 2.45) is 0 Å². The molecular weight excluding hydrogens is 358 g/mol. The number of carbonyl (C=O) groups is 1. The lowest BCUT2D eigenvalue weighted by Gasteiger charge is -2.10. The smallest absolute Gasteiger partial charge is 0.226 e. The van der Waals surface area contributed by atoms with Crippen molar-refractivity contribution in [3.8, 4) is 5.75 Å². The number of nitrogens with zero attached hydrogens (tertiary/aromatic N) is 2. The lowest BCUT2D eigenvalue weighted by molar-refractivity contribution is -0.116. The first-order valence-electron chi connectivity index (χ1n) is 8.94. The van der Waals surface area contributed by atoms with E-state index in [1.54, 1.807) is 7.11 Å². The summed E-state index contributed by atoms with van der Waals surface area (Å²) in [6.45, 7) is 2.05. The van der Waals surface area contributed by atoms with Gasteiger partial charge in [-0.05, 0) is 35.6 Å². The maximum Gasteiger partial charge on any atom is 0.226 e. The van der Waals surface area contributed by atoms with E-state index < -0.39 is 0 Å². The minimum Gasteiger partial charge on any atom is -0.497 e. The van der Waals surface area contributed by atoms with E-state index in [4.69, 9.17) is 4.74 Å². The van der Waals surface area contributed by atoms with E-state index in [0.717, 1.165) is 29.2 Å². The molecule has 3 rings (SSSR count). The van der Waals surface area contributed by atoms with Crippen LogP contribution in [0, 0.1) is 0 Å². The molecule has 0 saturated heterocycles. The zero-order valence-electron chi connectivity index (χ0n) is 15.5. The summed E-state index contributed by atoms with van der Waals surface area (Å²) in [7, 11) is 1.66. The average Bonchev–Trinajstić information content (AvgIpc) is 3.14. The molecule has 2 aromatic carbocycles. The molecule has 27 heavy (non-hydrogen) atoms. The van der Waals surface area contributed by atoms with Crippen LogP contribution in [0.1, 0.15) is 35.4 Å². The van der Waals surface area contributed by atoms with Crippen molar-refractivity contribution >= 4 is 22.4 Å². The fourth-order valence-electron chi connectivity index (χ4n) is 2.80. The molecule has 0 spiro atoms. The van der Waals surface area contributed by atoms with Gasteiger partial charge in [-0.3, -0.25) is 4.79 Å². The Bertz CT molecular complexity index is 863. The number of aromatic nitrogens is 2. The van der Waals surface area contributed by atoms with Gasteiger partial charge in [-0.1, -0.05) is 60.7 Å². The van der Waals surface area contributed by atoms with Gasteiger partial charge in [0.25, 0.3) is 0 Å². The predicted molar refractivity (Wildman–Crippen MR) is 108 cm³/mol. The Labute approximate surface area is 163 Å². The first-order chi connectivity index (χ1) is 13.1. The molecule has 1 atom stereocenters. The van der Waals surface area contributed by atoms with E-state index in [0.29, 0.717) is 11.6 Å².